The van der Waals surface area contributed by atoms with Gasteiger partial charge in [0.15, 0.2) is 11.8 Å². The molecule has 1 saturated carbocycles. The molecule has 1 atom stereocenters. The van der Waals surface area contributed by atoms with Gasteiger partial charge in [-0.05, 0) is 31.7 Å². The van der Waals surface area contributed by atoms with E-state index in [1.165, 1.54) is 36.8 Å². The van der Waals surface area contributed by atoms with E-state index in [0.29, 0.717) is 12.6 Å². The van der Waals surface area contributed by atoms with Crippen LogP contribution in [-0.2, 0) is 29.7 Å². The molecule has 30 heavy (non-hydrogen) atoms. The SMILES string of the molecule is CN=C(NCC1(c2cccc(C)c2)CCCC1)NC1CCc2nc(COC)nn2C1. The van der Waals surface area contributed by atoms with Gasteiger partial charge in [-0.2, -0.15) is 5.10 Å². The maximum atomic E-state index is 5.17. The average Bonchev–Trinajstić information content (AvgIpc) is 3.38. The number of methoxy groups -OCH3 is 1. The number of fused-ring (bicyclic) bond motifs is 1. The maximum absolute atomic E-state index is 5.17. The molecule has 7 nitrogen and oxygen atoms in total. The van der Waals surface area contributed by atoms with Crippen LogP contribution in [0.5, 0.6) is 0 Å². The molecule has 0 saturated heterocycles. The van der Waals surface area contributed by atoms with Crippen molar-refractivity contribution in [1.82, 2.24) is 25.4 Å². The number of nitrogens with one attached hydrogen (secondary N) is 2. The predicted octanol–water partition coefficient (Wildman–Crippen LogP) is 2.72. The van der Waals surface area contributed by atoms with E-state index in [4.69, 9.17) is 4.74 Å². The molecule has 4 rings (SSSR count). The number of benzene rings is 1. The van der Waals surface area contributed by atoms with Crippen LogP contribution in [0.25, 0.3) is 0 Å². The molecule has 162 valence electrons. The summed E-state index contributed by atoms with van der Waals surface area (Å²) in [5.74, 6) is 2.68. The summed E-state index contributed by atoms with van der Waals surface area (Å²) in [6, 6.07) is 9.31. The van der Waals surface area contributed by atoms with Gasteiger partial charge >= 0.3 is 0 Å². The summed E-state index contributed by atoms with van der Waals surface area (Å²) in [4.78, 5) is 9.07. The third-order valence-electron chi connectivity index (χ3n) is 6.53. The van der Waals surface area contributed by atoms with Crippen LogP contribution in [0.4, 0.5) is 0 Å². The summed E-state index contributed by atoms with van der Waals surface area (Å²) >= 11 is 0. The van der Waals surface area contributed by atoms with Gasteiger partial charge in [-0.15, -0.1) is 0 Å². The average molecular weight is 411 g/mol. The number of aliphatic imine (C=N–C) groups is 1. The fraction of sp³-hybridized carbons (Fsp3) is 0.609. The van der Waals surface area contributed by atoms with Gasteiger partial charge in [0, 0.05) is 38.6 Å². The van der Waals surface area contributed by atoms with E-state index in [1.807, 2.05) is 11.7 Å². The monoisotopic (exact) mass is 410 g/mol. The normalized spacial score (nSPS) is 20.8. The molecule has 2 heterocycles. The summed E-state index contributed by atoms with van der Waals surface area (Å²) in [5, 5.41) is 11.8. The highest BCUT2D eigenvalue weighted by Gasteiger charge is 2.36. The largest absolute Gasteiger partial charge is 0.377 e. The van der Waals surface area contributed by atoms with Gasteiger partial charge in [-0.1, -0.05) is 42.7 Å². The van der Waals surface area contributed by atoms with Crippen LogP contribution >= 0.6 is 0 Å². The lowest BCUT2D eigenvalue weighted by molar-refractivity contribution is 0.177. The van der Waals surface area contributed by atoms with Crippen molar-refractivity contribution in [2.45, 2.75) is 70.1 Å². The molecule has 2 aromatic rings. The minimum absolute atomic E-state index is 0.199. The maximum Gasteiger partial charge on any atom is 0.191 e. The van der Waals surface area contributed by atoms with Crippen molar-refractivity contribution >= 4 is 5.96 Å². The molecule has 1 aliphatic carbocycles. The van der Waals surface area contributed by atoms with Gasteiger partial charge in [-0.3, -0.25) is 4.99 Å². The highest BCUT2D eigenvalue weighted by atomic mass is 16.5. The zero-order valence-electron chi connectivity index (χ0n) is 18.4. The molecule has 2 aliphatic rings. The predicted molar refractivity (Wildman–Crippen MR) is 119 cm³/mol. The van der Waals surface area contributed by atoms with E-state index in [9.17, 15) is 0 Å². The number of nitrogens with zero attached hydrogens (tertiary/aromatic N) is 4. The zero-order valence-corrected chi connectivity index (χ0v) is 18.4. The zero-order chi connectivity index (χ0) is 21.0. The number of guanidine groups is 1. The lowest BCUT2D eigenvalue weighted by Crippen LogP contribution is -2.50. The molecule has 1 aliphatic heterocycles. The Labute approximate surface area is 179 Å². The summed E-state index contributed by atoms with van der Waals surface area (Å²) in [6.45, 7) is 4.35. The van der Waals surface area contributed by atoms with Crippen LogP contribution in [0.1, 0.15) is 54.9 Å². The second kappa shape index (κ2) is 9.16. The molecular weight excluding hydrogens is 376 g/mol. The van der Waals surface area contributed by atoms with E-state index in [0.717, 1.165) is 43.5 Å². The van der Waals surface area contributed by atoms with Crippen LogP contribution in [0.2, 0.25) is 0 Å². The van der Waals surface area contributed by atoms with Gasteiger partial charge in [0.2, 0.25) is 0 Å². The number of ether oxygens (including phenoxy) is 1. The summed E-state index contributed by atoms with van der Waals surface area (Å²) in [6.07, 6.45) is 6.99. The Morgan fingerprint density at radius 3 is 2.90 bits per heavy atom. The lowest BCUT2D eigenvalue weighted by Gasteiger charge is -2.32. The lowest BCUT2D eigenvalue weighted by atomic mass is 9.78. The van der Waals surface area contributed by atoms with Gasteiger partial charge in [0.05, 0.1) is 6.54 Å². The standard InChI is InChI=1S/C23H34N6O/c1-17-7-6-8-18(13-17)23(11-4-5-12-23)16-25-22(24-2)26-19-9-10-21-27-20(15-30-3)28-29(21)14-19/h6-8,13,19H,4-5,9-12,14-16H2,1-3H3,(H2,24,25,26). The Balaban J connectivity index is 1.39. The van der Waals surface area contributed by atoms with E-state index in [1.54, 1.807) is 7.11 Å². The van der Waals surface area contributed by atoms with Crippen molar-refractivity contribution in [3.05, 3.63) is 47.0 Å². The number of hydrogen-bond acceptors (Lipinski definition) is 4. The molecule has 1 aromatic carbocycles. The van der Waals surface area contributed by atoms with E-state index in [2.05, 4.69) is 56.9 Å². The van der Waals surface area contributed by atoms with Crippen LogP contribution < -0.4 is 10.6 Å². The molecule has 0 bridgehead atoms. The van der Waals surface area contributed by atoms with Gasteiger partial charge in [-0.25, -0.2) is 9.67 Å². The van der Waals surface area contributed by atoms with Gasteiger partial charge in [0.1, 0.15) is 12.4 Å². The van der Waals surface area contributed by atoms with E-state index >= 15 is 0 Å². The molecule has 1 aromatic heterocycles. The first-order valence-electron chi connectivity index (χ1n) is 11.1. The molecule has 1 unspecified atom stereocenters. The van der Waals surface area contributed by atoms with Crippen LogP contribution in [0.15, 0.2) is 29.3 Å². The first-order valence-corrected chi connectivity index (χ1v) is 11.1. The first kappa shape index (κ1) is 20.8. The molecule has 0 radical (unpaired) electrons. The number of aryl methyl sites for hydroxylation is 2. The Bertz CT molecular complexity index is 884. The second-order valence-electron chi connectivity index (χ2n) is 8.72. The van der Waals surface area contributed by atoms with E-state index in [-0.39, 0.29) is 5.41 Å². The van der Waals surface area contributed by atoms with Crippen LogP contribution in [-0.4, -0.2) is 47.5 Å². The van der Waals surface area contributed by atoms with Crippen molar-refractivity contribution in [2.24, 2.45) is 4.99 Å². The third-order valence-corrected chi connectivity index (χ3v) is 6.53. The number of rotatable bonds is 6. The quantitative estimate of drug-likeness (QED) is 0.566. The molecule has 2 N–H and O–H groups in total. The van der Waals surface area contributed by atoms with Crippen LogP contribution in [0, 0.1) is 6.92 Å². The number of aromatic nitrogens is 3. The third kappa shape index (κ3) is 4.51. The Morgan fingerprint density at radius 2 is 2.17 bits per heavy atom. The van der Waals surface area contributed by atoms with Gasteiger partial charge in [0.25, 0.3) is 0 Å². The highest BCUT2D eigenvalue weighted by molar-refractivity contribution is 5.80. The van der Waals surface area contributed by atoms with Crippen molar-refractivity contribution in [3.63, 3.8) is 0 Å². The van der Waals surface area contributed by atoms with Crippen LogP contribution in [0.3, 0.4) is 0 Å². The molecular formula is C23H34N6O. The van der Waals surface area contributed by atoms with Crippen molar-refractivity contribution in [1.29, 1.82) is 0 Å². The Morgan fingerprint density at radius 1 is 1.33 bits per heavy atom. The highest BCUT2D eigenvalue weighted by Crippen LogP contribution is 2.40. The van der Waals surface area contributed by atoms with Gasteiger partial charge < -0.3 is 15.4 Å². The molecule has 0 spiro atoms. The van der Waals surface area contributed by atoms with Crippen molar-refractivity contribution < 1.29 is 4.74 Å². The second-order valence-corrected chi connectivity index (χ2v) is 8.72. The number of hydrogen-bond donors (Lipinski definition) is 2. The van der Waals surface area contributed by atoms with Crippen molar-refractivity contribution in [3.8, 4) is 0 Å². The summed E-state index contributed by atoms with van der Waals surface area (Å²) < 4.78 is 7.17. The fourth-order valence-electron chi connectivity index (χ4n) is 4.90. The van der Waals surface area contributed by atoms with Crippen molar-refractivity contribution in [2.75, 3.05) is 20.7 Å². The first-order chi connectivity index (χ1) is 14.6. The summed E-state index contributed by atoms with van der Waals surface area (Å²) in [5.41, 5.74) is 2.99. The molecule has 0 amide bonds. The molecule has 1 fully saturated rings. The minimum atomic E-state index is 0.199. The van der Waals surface area contributed by atoms with E-state index < -0.39 is 0 Å². The minimum Gasteiger partial charge on any atom is -0.377 e. The molecule has 7 heteroatoms. The Kier molecular flexibility index (Phi) is 6.37. The topological polar surface area (TPSA) is 76.4 Å². The Hall–Kier alpha value is -2.41. The fourth-order valence-corrected chi connectivity index (χ4v) is 4.90. The smallest absolute Gasteiger partial charge is 0.191 e. The summed E-state index contributed by atoms with van der Waals surface area (Å²) in [7, 11) is 3.53.